The third kappa shape index (κ3) is 3.66. The number of nitrogens with zero attached hydrogens (tertiary/aromatic N) is 3. The van der Waals surface area contributed by atoms with Gasteiger partial charge in [-0.1, -0.05) is 23.7 Å². The van der Waals surface area contributed by atoms with Gasteiger partial charge >= 0.3 is 0 Å². The highest BCUT2D eigenvalue weighted by atomic mass is 35.5. The quantitative estimate of drug-likeness (QED) is 0.655. The molecule has 2 aromatic heterocycles. The van der Waals surface area contributed by atoms with Crippen molar-refractivity contribution in [3.8, 4) is 11.3 Å². The molecule has 156 valence electrons. The summed E-state index contributed by atoms with van der Waals surface area (Å²) in [7, 11) is 0. The molecule has 1 fully saturated rings. The van der Waals surface area contributed by atoms with Gasteiger partial charge in [0, 0.05) is 41.9 Å². The number of halogens is 1. The summed E-state index contributed by atoms with van der Waals surface area (Å²) in [5.74, 6) is 1.14. The zero-order valence-electron chi connectivity index (χ0n) is 17.1. The van der Waals surface area contributed by atoms with E-state index in [1.54, 1.807) is 0 Å². The molecule has 3 heterocycles. The molecule has 30 heavy (non-hydrogen) atoms. The van der Waals surface area contributed by atoms with Crippen molar-refractivity contribution in [1.82, 2.24) is 20.0 Å². The van der Waals surface area contributed by atoms with Gasteiger partial charge in [0.15, 0.2) is 5.76 Å². The first kappa shape index (κ1) is 19.4. The first-order valence-electron chi connectivity index (χ1n) is 10.5. The van der Waals surface area contributed by atoms with Crippen LogP contribution in [-0.4, -0.2) is 46.8 Å². The van der Waals surface area contributed by atoms with E-state index in [9.17, 15) is 4.79 Å². The smallest absolute Gasteiger partial charge is 0.287 e. The van der Waals surface area contributed by atoms with Gasteiger partial charge in [-0.05, 0) is 56.1 Å². The van der Waals surface area contributed by atoms with Gasteiger partial charge in [0.1, 0.15) is 5.76 Å². The molecule has 6 nitrogen and oxygen atoms in total. The van der Waals surface area contributed by atoms with Crippen molar-refractivity contribution in [2.45, 2.75) is 32.7 Å². The zero-order chi connectivity index (χ0) is 20.7. The van der Waals surface area contributed by atoms with Gasteiger partial charge in [-0.2, -0.15) is 5.10 Å². The number of aromatic nitrogens is 2. The molecule has 1 N–H and O–H groups in total. The summed E-state index contributed by atoms with van der Waals surface area (Å²) in [6.45, 7) is 6.41. The lowest BCUT2D eigenvalue weighted by molar-refractivity contribution is 0.0911. The van der Waals surface area contributed by atoms with E-state index in [4.69, 9.17) is 21.1 Å². The molecule has 5 rings (SSSR count). The van der Waals surface area contributed by atoms with Crippen LogP contribution in [0.5, 0.6) is 0 Å². The third-order valence-electron chi connectivity index (χ3n) is 6.02. The fourth-order valence-electron chi connectivity index (χ4n) is 4.30. The van der Waals surface area contributed by atoms with E-state index in [2.05, 4.69) is 16.4 Å². The average Bonchev–Trinajstić information content (AvgIpc) is 3.24. The largest absolute Gasteiger partial charge is 0.455 e. The van der Waals surface area contributed by atoms with Gasteiger partial charge in [0.05, 0.1) is 12.2 Å². The second-order valence-corrected chi connectivity index (χ2v) is 8.57. The Kier molecular flexibility index (Phi) is 5.13. The predicted molar refractivity (Wildman–Crippen MR) is 116 cm³/mol. The van der Waals surface area contributed by atoms with Crippen molar-refractivity contribution in [1.29, 1.82) is 0 Å². The maximum Gasteiger partial charge on any atom is 0.287 e. The van der Waals surface area contributed by atoms with E-state index in [-0.39, 0.29) is 5.91 Å². The highest BCUT2D eigenvalue weighted by molar-refractivity contribution is 6.30. The molecule has 1 aliphatic carbocycles. The molecule has 1 aliphatic heterocycles. The number of carbonyl (C=O) groups is 1. The summed E-state index contributed by atoms with van der Waals surface area (Å²) < 4.78 is 7.95. The topological polar surface area (TPSA) is 63.3 Å². The second kappa shape index (κ2) is 7.93. The number of fused-ring (bicyclic) bond motifs is 3. The fourth-order valence-corrected chi connectivity index (χ4v) is 4.51. The van der Waals surface area contributed by atoms with Crippen LogP contribution in [0.1, 0.15) is 39.4 Å². The molecule has 0 atom stereocenters. The Morgan fingerprint density at radius 2 is 2.17 bits per heavy atom. The Bertz CT molecular complexity index is 1100. The lowest BCUT2D eigenvalue weighted by Gasteiger charge is -2.30. The number of aryl methyl sites for hydroxylation is 2. The van der Waals surface area contributed by atoms with Gasteiger partial charge in [-0.15, -0.1) is 0 Å². The zero-order valence-corrected chi connectivity index (χ0v) is 17.8. The first-order chi connectivity index (χ1) is 14.6. The molecule has 7 heteroatoms. The van der Waals surface area contributed by atoms with Crippen LogP contribution in [0.25, 0.3) is 11.3 Å². The number of hydrogen-bond acceptors (Lipinski definition) is 4. The molecule has 3 aromatic rings. The maximum atomic E-state index is 12.7. The molecule has 2 aliphatic rings. The Balaban J connectivity index is 1.36. The van der Waals surface area contributed by atoms with Crippen LogP contribution in [-0.2, 0) is 19.4 Å². The summed E-state index contributed by atoms with van der Waals surface area (Å²) in [5, 5.41) is 8.56. The standard InChI is InChI=1S/C23H25ClN4O2/c1-15-20-19(30-22(15)23(29)25-8-11-27-9-3-10-27)7-6-17-14-28(26-21(17)20)13-16-4-2-5-18(24)12-16/h2,4-5,12,14H,3,6-11,13H2,1H3,(H,25,29). The number of hydrogen-bond donors (Lipinski definition) is 1. The van der Waals surface area contributed by atoms with Crippen molar-refractivity contribution < 1.29 is 9.21 Å². The minimum Gasteiger partial charge on any atom is -0.455 e. The van der Waals surface area contributed by atoms with E-state index < -0.39 is 0 Å². The highest BCUT2D eigenvalue weighted by Gasteiger charge is 2.29. The van der Waals surface area contributed by atoms with Crippen molar-refractivity contribution >= 4 is 17.5 Å². The first-order valence-corrected chi connectivity index (χ1v) is 10.9. The predicted octanol–water partition coefficient (Wildman–Crippen LogP) is 3.69. The van der Waals surface area contributed by atoms with Gasteiger partial charge in [0.25, 0.3) is 5.91 Å². The number of likely N-dealkylation sites (tertiary alicyclic amines) is 1. The summed E-state index contributed by atoms with van der Waals surface area (Å²) in [5.41, 5.74) is 5.08. The Labute approximate surface area is 180 Å². The minimum absolute atomic E-state index is 0.137. The normalized spacial score (nSPS) is 15.4. The number of nitrogens with one attached hydrogen (secondary N) is 1. The van der Waals surface area contributed by atoms with Crippen LogP contribution < -0.4 is 5.32 Å². The SMILES string of the molecule is Cc1c(C(=O)NCCN2CCC2)oc2c1-c1nn(Cc3cccc(Cl)c3)cc1CC2. The lowest BCUT2D eigenvalue weighted by atomic mass is 9.93. The molecular weight excluding hydrogens is 400 g/mol. The highest BCUT2D eigenvalue weighted by Crippen LogP contribution is 2.38. The van der Waals surface area contributed by atoms with E-state index in [0.29, 0.717) is 18.8 Å². The summed E-state index contributed by atoms with van der Waals surface area (Å²) in [4.78, 5) is 15.0. The van der Waals surface area contributed by atoms with Crippen LogP contribution in [0.2, 0.25) is 5.02 Å². The van der Waals surface area contributed by atoms with Crippen LogP contribution in [0.4, 0.5) is 0 Å². The number of amides is 1. The maximum absolute atomic E-state index is 12.7. The summed E-state index contributed by atoms with van der Waals surface area (Å²) in [6.07, 6.45) is 5.00. The van der Waals surface area contributed by atoms with Crippen LogP contribution >= 0.6 is 11.6 Å². The minimum atomic E-state index is -0.137. The van der Waals surface area contributed by atoms with E-state index in [1.807, 2.05) is 35.9 Å². The van der Waals surface area contributed by atoms with Crippen LogP contribution in [0.3, 0.4) is 0 Å². The van der Waals surface area contributed by atoms with Gasteiger partial charge < -0.3 is 14.6 Å². The lowest BCUT2D eigenvalue weighted by Crippen LogP contribution is -2.42. The monoisotopic (exact) mass is 424 g/mol. The molecule has 0 bridgehead atoms. The molecular formula is C23H25ClN4O2. The second-order valence-electron chi connectivity index (χ2n) is 8.14. The Hall–Kier alpha value is -2.57. The summed E-state index contributed by atoms with van der Waals surface area (Å²) in [6, 6.07) is 7.83. The Morgan fingerprint density at radius 1 is 1.30 bits per heavy atom. The van der Waals surface area contributed by atoms with E-state index >= 15 is 0 Å². The van der Waals surface area contributed by atoms with Gasteiger partial charge in [-0.25, -0.2) is 0 Å². The number of carbonyl (C=O) groups excluding carboxylic acids is 1. The average molecular weight is 425 g/mol. The molecule has 0 saturated carbocycles. The van der Waals surface area contributed by atoms with Crippen molar-refractivity contribution in [2.24, 2.45) is 0 Å². The fraction of sp³-hybridized carbons (Fsp3) is 0.391. The van der Waals surface area contributed by atoms with Crippen LogP contribution in [0.15, 0.2) is 34.9 Å². The van der Waals surface area contributed by atoms with E-state index in [0.717, 1.165) is 65.6 Å². The Morgan fingerprint density at radius 3 is 2.93 bits per heavy atom. The molecule has 0 spiro atoms. The van der Waals surface area contributed by atoms with Crippen LogP contribution in [0, 0.1) is 6.92 Å². The number of benzene rings is 1. The van der Waals surface area contributed by atoms with Gasteiger partial charge in [0.2, 0.25) is 0 Å². The van der Waals surface area contributed by atoms with Crippen molar-refractivity contribution in [3.05, 3.63) is 63.7 Å². The third-order valence-corrected chi connectivity index (χ3v) is 6.25. The molecule has 1 aromatic carbocycles. The molecule has 1 amide bonds. The molecule has 1 saturated heterocycles. The van der Waals surface area contributed by atoms with E-state index in [1.165, 1.54) is 12.0 Å². The molecule has 0 unspecified atom stereocenters. The number of rotatable bonds is 6. The van der Waals surface area contributed by atoms with Crippen molar-refractivity contribution in [2.75, 3.05) is 26.2 Å². The van der Waals surface area contributed by atoms with Gasteiger partial charge in [-0.3, -0.25) is 9.48 Å². The summed E-state index contributed by atoms with van der Waals surface area (Å²) >= 11 is 6.11. The molecule has 0 radical (unpaired) electrons. The van der Waals surface area contributed by atoms with Crippen molar-refractivity contribution in [3.63, 3.8) is 0 Å². The number of furan rings is 1.